The number of hydrogen-bond acceptors (Lipinski definition) is 10. The van der Waals surface area contributed by atoms with E-state index in [2.05, 4.69) is 20.5 Å². The molecular weight excluding hydrogens is 419 g/mol. The molecule has 12 heteroatoms. The number of phenols is 1. The standard InChI is InChI=1S/C18H16N6O4S.Na/c19-15-9-16(20)18(24-22-12-2-1-3-13(25)8-12)10-17(15)23-21-11-4-6-14(7-5-11)29(26,27)28;/h1-10,25H,19-20H2,(H,26,27,28);/q;+1/p-1. The Balaban J connectivity index is 0.00000320. The number of nitrogens with zero attached hydrogens (tertiary/aromatic N) is 4. The third-order valence-electron chi connectivity index (χ3n) is 3.68. The maximum absolute atomic E-state index is 10.9. The number of aromatic hydroxyl groups is 1. The Kier molecular flexibility index (Phi) is 7.65. The van der Waals surface area contributed by atoms with Gasteiger partial charge in [-0.15, -0.1) is 10.2 Å². The average molecular weight is 434 g/mol. The third-order valence-corrected chi connectivity index (χ3v) is 4.53. The maximum atomic E-state index is 10.9. The number of azo groups is 2. The fourth-order valence-corrected chi connectivity index (χ4v) is 2.71. The van der Waals surface area contributed by atoms with Gasteiger partial charge in [-0.05, 0) is 48.5 Å². The molecule has 0 saturated carbocycles. The molecule has 0 saturated heterocycles. The van der Waals surface area contributed by atoms with Crippen LogP contribution in [0.5, 0.6) is 5.75 Å². The molecule has 3 aromatic carbocycles. The van der Waals surface area contributed by atoms with Gasteiger partial charge in [-0.25, -0.2) is 8.42 Å². The summed E-state index contributed by atoms with van der Waals surface area (Å²) in [6.45, 7) is 0. The van der Waals surface area contributed by atoms with Crippen LogP contribution in [-0.4, -0.2) is 18.1 Å². The second-order valence-corrected chi connectivity index (χ2v) is 7.22. The van der Waals surface area contributed by atoms with Crippen LogP contribution in [0.25, 0.3) is 0 Å². The van der Waals surface area contributed by atoms with Crippen LogP contribution in [0.15, 0.2) is 86.0 Å². The normalized spacial score (nSPS) is 11.6. The number of rotatable bonds is 5. The number of hydrogen-bond donors (Lipinski definition) is 3. The molecule has 10 nitrogen and oxygen atoms in total. The third kappa shape index (κ3) is 6.08. The first kappa shape index (κ1) is 23.4. The van der Waals surface area contributed by atoms with Crippen molar-refractivity contribution < 1.29 is 47.6 Å². The van der Waals surface area contributed by atoms with E-state index in [0.29, 0.717) is 17.1 Å². The first-order valence-electron chi connectivity index (χ1n) is 8.10. The minimum Gasteiger partial charge on any atom is -0.744 e. The second-order valence-electron chi connectivity index (χ2n) is 5.84. The van der Waals surface area contributed by atoms with Gasteiger partial charge in [-0.1, -0.05) is 6.07 Å². The van der Waals surface area contributed by atoms with Crippen LogP contribution in [0, 0.1) is 0 Å². The molecule has 0 unspecified atom stereocenters. The van der Waals surface area contributed by atoms with Crippen molar-refractivity contribution >= 4 is 44.2 Å². The summed E-state index contributed by atoms with van der Waals surface area (Å²) in [5, 5.41) is 25.5. The Morgan fingerprint density at radius 1 is 0.767 bits per heavy atom. The zero-order chi connectivity index (χ0) is 21.0. The molecule has 148 valence electrons. The largest absolute Gasteiger partial charge is 1.00 e. The fraction of sp³-hybridized carbons (Fsp3) is 0. The molecule has 0 spiro atoms. The van der Waals surface area contributed by atoms with Crippen LogP contribution < -0.4 is 41.0 Å². The van der Waals surface area contributed by atoms with Crippen molar-refractivity contribution in [2.75, 3.05) is 11.5 Å². The van der Waals surface area contributed by atoms with E-state index in [-0.39, 0.29) is 57.3 Å². The van der Waals surface area contributed by atoms with E-state index >= 15 is 0 Å². The SMILES string of the molecule is Nc1cc(N)c(N=Nc2cccc(O)c2)cc1N=Nc1ccc(S(=O)(=O)[O-])cc1.[Na+]. The molecule has 0 amide bonds. The summed E-state index contributed by atoms with van der Waals surface area (Å²) < 4.78 is 32.8. The molecule has 0 radical (unpaired) electrons. The average Bonchev–Trinajstić information content (AvgIpc) is 2.66. The van der Waals surface area contributed by atoms with E-state index in [0.717, 1.165) is 12.1 Å². The predicted octanol–water partition coefficient (Wildman–Crippen LogP) is 1.30. The van der Waals surface area contributed by atoms with Gasteiger partial charge in [0.25, 0.3) is 0 Å². The Labute approximate surface area is 194 Å². The van der Waals surface area contributed by atoms with Gasteiger partial charge >= 0.3 is 29.6 Å². The Morgan fingerprint density at radius 3 is 1.87 bits per heavy atom. The second kappa shape index (κ2) is 9.78. The van der Waals surface area contributed by atoms with E-state index in [1.54, 1.807) is 12.1 Å². The minimum atomic E-state index is -4.53. The molecule has 0 fully saturated rings. The minimum absolute atomic E-state index is 0. The van der Waals surface area contributed by atoms with Crippen molar-refractivity contribution in [2.45, 2.75) is 4.90 Å². The van der Waals surface area contributed by atoms with E-state index in [1.807, 2.05) is 0 Å². The van der Waals surface area contributed by atoms with Crippen LogP contribution in [0.3, 0.4) is 0 Å². The molecule has 0 aliphatic rings. The Bertz CT molecular complexity index is 1210. The molecule has 5 N–H and O–H groups in total. The van der Waals surface area contributed by atoms with Crippen molar-refractivity contribution in [3.05, 3.63) is 60.7 Å². The monoisotopic (exact) mass is 434 g/mol. The number of nitrogen functional groups attached to an aromatic ring is 2. The first-order chi connectivity index (χ1) is 13.7. The number of phenolic OH excluding ortho intramolecular Hbond substituents is 1. The summed E-state index contributed by atoms with van der Waals surface area (Å²) in [7, 11) is -4.53. The van der Waals surface area contributed by atoms with Gasteiger partial charge in [-0.3, -0.25) is 0 Å². The summed E-state index contributed by atoms with van der Waals surface area (Å²) >= 11 is 0. The van der Waals surface area contributed by atoms with E-state index in [4.69, 9.17) is 11.5 Å². The maximum Gasteiger partial charge on any atom is 1.00 e. The predicted molar refractivity (Wildman–Crippen MR) is 106 cm³/mol. The Morgan fingerprint density at radius 2 is 1.33 bits per heavy atom. The number of nitrogens with two attached hydrogens (primary N) is 2. The zero-order valence-corrected chi connectivity index (χ0v) is 18.6. The molecule has 0 aliphatic heterocycles. The summed E-state index contributed by atoms with van der Waals surface area (Å²) in [4.78, 5) is -0.363. The smallest absolute Gasteiger partial charge is 0.744 e. The molecule has 3 aromatic rings. The number of anilines is 2. The van der Waals surface area contributed by atoms with Crippen molar-refractivity contribution in [3.8, 4) is 5.75 Å². The van der Waals surface area contributed by atoms with Gasteiger partial charge in [0.1, 0.15) is 27.2 Å². The molecular formula is C18H15N6NaO4S. The topological polar surface area (TPSA) is 179 Å². The zero-order valence-electron chi connectivity index (χ0n) is 15.8. The van der Waals surface area contributed by atoms with Gasteiger partial charge in [0.15, 0.2) is 0 Å². The van der Waals surface area contributed by atoms with Gasteiger partial charge in [0.2, 0.25) is 0 Å². The molecule has 0 aliphatic carbocycles. The summed E-state index contributed by atoms with van der Waals surface area (Å²) in [6, 6.07) is 14.1. The van der Waals surface area contributed by atoms with Crippen molar-refractivity contribution in [2.24, 2.45) is 20.5 Å². The van der Waals surface area contributed by atoms with E-state index < -0.39 is 10.1 Å². The van der Waals surface area contributed by atoms with Crippen molar-refractivity contribution in [1.29, 1.82) is 0 Å². The number of benzene rings is 3. The van der Waals surface area contributed by atoms with Crippen LogP contribution >= 0.6 is 0 Å². The first-order valence-corrected chi connectivity index (χ1v) is 9.51. The summed E-state index contributed by atoms with van der Waals surface area (Å²) in [5.41, 5.74) is 13.6. The molecule has 3 rings (SSSR count). The van der Waals surface area contributed by atoms with Gasteiger partial charge < -0.3 is 21.1 Å². The van der Waals surface area contributed by atoms with Crippen LogP contribution in [0.2, 0.25) is 0 Å². The van der Waals surface area contributed by atoms with Crippen LogP contribution in [0.1, 0.15) is 0 Å². The van der Waals surface area contributed by atoms with Crippen molar-refractivity contribution in [3.63, 3.8) is 0 Å². The molecule has 0 aromatic heterocycles. The summed E-state index contributed by atoms with van der Waals surface area (Å²) in [5.74, 6) is 0.0528. The molecule has 0 atom stereocenters. The van der Waals surface area contributed by atoms with E-state index in [9.17, 15) is 18.1 Å². The molecule has 0 bridgehead atoms. The van der Waals surface area contributed by atoms with Gasteiger partial charge in [0, 0.05) is 6.07 Å². The van der Waals surface area contributed by atoms with E-state index in [1.165, 1.54) is 36.4 Å². The molecule has 30 heavy (non-hydrogen) atoms. The quantitative estimate of drug-likeness (QED) is 0.236. The molecule has 0 heterocycles. The van der Waals surface area contributed by atoms with Gasteiger partial charge in [0.05, 0.1) is 27.6 Å². The van der Waals surface area contributed by atoms with Crippen LogP contribution in [0.4, 0.5) is 34.1 Å². The Hall–Kier alpha value is -2.83. The fourth-order valence-electron chi connectivity index (χ4n) is 2.24. The van der Waals surface area contributed by atoms with Crippen molar-refractivity contribution in [1.82, 2.24) is 0 Å². The van der Waals surface area contributed by atoms with Gasteiger partial charge in [-0.2, -0.15) is 10.2 Å². The van der Waals surface area contributed by atoms with Crippen LogP contribution in [-0.2, 0) is 10.1 Å². The summed E-state index contributed by atoms with van der Waals surface area (Å²) in [6.07, 6.45) is 0.